The van der Waals surface area contributed by atoms with Crippen molar-refractivity contribution in [2.24, 2.45) is 5.92 Å². The fourth-order valence-corrected chi connectivity index (χ4v) is 2.13. The van der Waals surface area contributed by atoms with Crippen molar-refractivity contribution in [1.29, 1.82) is 0 Å². The Balaban J connectivity index is 1.92. The molecular weight excluding hydrogens is 216 g/mol. The van der Waals surface area contributed by atoms with Gasteiger partial charge in [-0.15, -0.1) is 6.58 Å². The van der Waals surface area contributed by atoms with Gasteiger partial charge in [0.15, 0.2) is 0 Å². The minimum atomic E-state index is -0.357. The molecule has 1 rings (SSSR count). The molecule has 1 aliphatic heterocycles. The van der Waals surface area contributed by atoms with Gasteiger partial charge in [-0.25, -0.2) is 0 Å². The van der Waals surface area contributed by atoms with Crippen molar-refractivity contribution in [1.82, 2.24) is 0 Å². The maximum atomic E-state index is 11.2. The van der Waals surface area contributed by atoms with Crippen LogP contribution in [0.3, 0.4) is 0 Å². The number of esters is 2. The average molecular weight is 238 g/mol. The molecule has 0 aliphatic carbocycles. The smallest absolute Gasteiger partial charge is 0.317 e. The van der Waals surface area contributed by atoms with Crippen molar-refractivity contribution in [3.63, 3.8) is 0 Å². The number of hydrogen-bond donors (Lipinski definition) is 0. The minimum Gasteiger partial charge on any atom is -0.393 e. The zero-order valence-electron chi connectivity index (χ0n) is 10.5. The third-order valence-electron chi connectivity index (χ3n) is 3.17. The van der Waals surface area contributed by atoms with Crippen molar-refractivity contribution in [3.05, 3.63) is 12.7 Å². The highest BCUT2D eigenvalue weighted by Crippen LogP contribution is 2.22. The molecule has 0 aromatic heterocycles. The van der Waals surface area contributed by atoms with E-state index in [0.29, 0.717) is 0 Å². The molecule has 3 nitrogen and oxygen atoms in total. The zero-order chi connectivity index (χ0) is 12.5. The van der Waals surface area contributed by atoms with Crippen LogP contribution >= 0.6 is 0 Å². The summed E-state index contributed by atoms with van der Waals surface area (Å²) >= 11 is 0. The van der Waals surface area contributed by atoms with Crippen LogP contribution in [0.4, 0.5) is 0 Å². The highest BCUT2D eigenvalue weighted by atomic mass is 16.6. The molecule has 0 N–H and O–H groups in total. The molecule has 1 heterocycles. The van der Waals surface area contributed by atoms with Gasteiger partial charge in [-0.3, -0.25) is 9.59 Å². The molecule has 17 heavy (non-hydrogen) atoms. The summed E-state index contributed by atoms with van der Waals surface area (Å²) in [5.74, 6) is -0.839. The number of carbonyl (C=O) groups is 2. The monoisotopic (exact) mass is 238 g/mol. The first-order valence-corrected chi connectivity index (χ1v) is 6.59. The van der Waals surface area contributed by atoms with E-state index in [2.05, 4.69) is 11.3 Å². The molecule has 0 amide bonds. The van der Waals surface area contributed by atoms with Crippen LogP contribution in [0.1, 0.15) is 57.8 Å². The van der Waals surface area contributed by atoms with Gasteiger partial charge in [0.05, 0.1) is 12.3 Å². The number of ether oxygens (including phenoxy) is 1. The van der Waals surface area contributed by atoms with Crippen LogP contribution in [-0.2, 0) is 14.3 Å². The standard InChI is InChI=1S/C14H22O3/c1-2-3-4-5-6-7-8-9-10-12-11-13(15)17-14(12)16/h2,12H,1,3-11H2. The summed E-state index contributed by atoms with van der Waals surface area (Å²) in [5.41, 5.74) is 0. The second-order valence-corrected chi connectivity index (χ2v) is 4.68. The highest BCUT2D eigenvalue weighted by Gasteiger charge is 2.32. The van der Waals surface area contributed by atoms with Gasteiger partial charge in [0.1, 0.15) is 0 Å². The van der Waals surface area contributed by atoms with Crippen LogP contribution in [0, 0.1) is 5.92 Å². The lowest BCUT2D eigenvalue weighted by Gasteiger charge is -2.04. The van der Waals surface area contributed by atoms with E-state index in [-0.39, 0.29) is 24.3 Å². The summed E-state index contributed by atoms with van der Waals surface area (Å²) in [6, 6.07) is 0. The summed E-state index contributed by atoms with van der Waals surface area (Å²) in [5, 5.41) is 0. The van der Waals surface area contributed by atoms with E-state index >= 15 is 0 Å². The average Bonchev–Trinajstić information content (AvgIpc) is 2.61. The third kappa shape index (κ3) is 5.66. The largest absolute Gasteiger partial charge is 0.393 e. The summed E-state index contributed by atoms with van der Waals surface area (Å²) in [6.45, 7) is 3.69. The van der Waals surface area contributed by atoms with Gasteiger partial charge in [0, 0.05) is 0 Å². The van der Waals surface area contributed by atoms with E-state index in [1.54, 1.807) is 0 Å². The Morgan fingerprint density at radius 3 is 2.35 bits per heavy atom. The molecule has 1 fully saturated rings. The summed E-state index contributed by atoms with van der Waals surface area (Å²) in [7, 11) is 0. The van der Waals surface area contributed by atoms with Crippen LogP contribution in [0.25, 0.3) is 0 Å². The molecule has 1 aliphatic rings. The van der Waals surface area contributed by atoms with Gasteiger partial charge in [-0.1, -0.05) is 38.2 Å². The van der Waals surface area contributed by atoms with Crippen LogP contribution < -0.4 is 0 Å². The topological polar surface area (TPSA) is 43.4 Å². The molecule has 0 saturated carbocycles. The number of rotatable bonds is 9. The third-order valence-corrected chi connectivity index (χ3v) is 3.17. The number of unbranched alkanes of at least 4 members (excludes halogenated alkanes) is 6. The number of carbonyl (C=O) groups excluding carboxylic acids is 2. The lowest BCUT2D eigenvalue weighted by Crippen LogP contribution is -2.06. The van der Waals surface area contributed by atoms with Gasteiger partial charge in [0.2, 0.25) is 0 Å². The predicted octanol–water partition coefficient (Wildman–Crippen LogP) is 3.38. The number of allylic oxidation sites excluding steroid dienone is 1. The Morgan fingerprint density at radius 2 is 1.76 bits per heavy atom. The maximum absolute atomic E-state index is 11.2. The minimum absolute atomic E-state index is 0.164. The Hall–Kier alpha value is -1.12. The molecule has 1 atom stereocenters. The van der Waals surface area contributed by atoms with Crippen molar-refractivity contribution >= 4 is 11.9 Å². The molecule has 96 valence electrons. The van der Waals surface area contributed by atoms with Crippen molar-refractivity contribution < 1.29 is 14.3 Å². The highest BCUT2D eigenvalue weighted by molar-refractivity contribution is 5.94. The Labute approximate surface area is 103 Å². The van der Waals surface area contributed by atoms with E-state index in [0.717, 1.165) is 25.7 Å². The van der Waals surface area contributed by atoms with E-state index in [1.807, 2.05) is 6.08 Å². The van der Waals surface area contributed by atoms with Crippen molar-refractivity contribution in [2.45, 2.75) is 57.8 Å². The van der Waals surface area contributed by atoms with Crippen LogP contribution in [0.2, 0.25) is 0 Å². The molecular formula is C14H22O3. The number of hydrogen-bond acceptors (Lipinski definition) is 3. The summed E-state index contributed by atoms with van der Waals surface area (Å²) in [4.78, 5) is 22.0. The second kappa shape index (κ2) is 8.04. The van der Waals surface area contributed by atoms with E-state index in [9.17, 15) is 9.59 Å². The van der Waals surface area contributed by atoms with Crippen LogP contribution in [-0.4, -0.2) is 11.9 Å². The first-order chi connectivity index (χ1) is 8.24. The molecule has 1 saturated heterocycles. The lowest BCUT2D eigenvalue weighted by atomic mass is 9.99. The second-order valence-electron chi connectivity index (χ2n) is 4.68. The Morgan fingerprint density at radius 1 is 1.12 bits per heavy atom. The fourth-order valence-electron chi connectivity index (χ4n) is 2.13. The van der Waals surface area contributed by atoms with E-state index < -0.39 is 0 Å². The Kier molecular flexibility index (Phi) is 6.60. The SMILES string of the molecule is C=CCCCCCCCCC1CC(=O)OC1=O. The van der Waals surface area contributed by atoms with Gasteiger partial charge >= 0.3 is 11.9 Å². The van der Waals surface area contributed by atoms with Crippen LogP contribution in [0.5, 0.6) is 0 Å². The maximum Gasteiger partial charge on any atom is 0.317 e. The molecule has 0 bridgehead atoms. The lowest BCUT2D eigenvalue weighted by molar-refractivity contribution is -0.153. The fraction of sp³-hybridized carbons (Fsp3) is 0.714. The molecule has 1 unspecified atom stereocenters. The van der Waals surface area contributed by atoms with Crippen molar-refractivity contribution in [2.75, 3.05) is 0 Å². The van der Waals surface area contributed by atoms with Crippen molar-refractivity contribution in [3.8, 4) is 0 Å². The predicted molar refractivity (Wildman–Crippen MR) is 66.3 cm³/mol. The van der Waals surface area contributed by atoms with Gasteiger partial charge in [0.25, 0.3) is 0 Å². The van der Waals surface area contributed by atoms with Gasteiger partial charge < -0.3 is 4.74 Å². The van der Waals surface area contributed by atoms with Crippen LogP contribution in [0.15, 0.2) is 12.7 Å². The quantitative estimate of drug-likeness (QED) is 0.268. The zero-order valence-corrected chi connectivity index (χ0v) is 10.5. The number of cyclic esters (lactones) is 2. The normalized spacial score (nSPS) is 19.4. The molecule has 3 heteroatoms. The molecule has 0 aromatic carbocycles. The van der Waals surface area contributed by atoms with Gasteiger partial charge in [-0.05, 0) is 19.3 Å². The first-order valence-electron chi connectivity index (χ1n) is 6.59. The molecule has 0 radical (unpaired) electrons. The van der Waals surface area contributed by atoms with E-state index in [1.165, 1.54) is 25.7 Å². The summed E-state index contributed by atoms with van der Waals surface area (Å²) < 4.78 is 4.51. The molecule has 0 aromatic rings. The Bertz CT molecular complexity index is 271. The van der Waals surface area contributed by atoms with Gasteiger partial charge in [-0.2, -0.15) is 0 Å². The van der Waals surface area contributed by atoms with E-state index in [4.69, 9.17) is 0 Å². The molecule has 0 spiro atoms. The summed E-state index contributed by atoms with van der Waals surface area (Å²) in [6.07, 6.45) is 11.3. The first kappa shape index (κ1) is 13.9.